The lowest BCUT2D eigenvalue weighted by atomic mass is 9.92. The van der Waals surface area contributed by atoms with Crippen LogP contribution in [0.2, 0.25) is 0 Å². The first kappa shape index (κ1) is 93.9. The Morgan fingerprint density at radius 3 is 1.34 bits per heavy atom. The van der Waals surface area contributed by atoms with Crippen molar-refractivity contribution >= 4 is 62.0 Å². The molecule has 10 atom stereocenters. The van der Waals surface area contributed by atoms with Gasteiger partial charge in [-0.3, -0.25) is 37.9 Å². The zero-order valence-electron chi connectivity index (χ0n) is 59.3. The molecule has 596 valence electrons. The minimum atomic E-state index is -5.33. The highest BCUT2D eigenvalue weighted by Crippen LogP contribution is 2.34. The third-order valence-corrected chi connectivity index (χ3v) is 16.5. The molecule has 36 nitrogen and oxygen atoms in total. The monoisotopic (exact) mass is 1520 g/mol. The fourth-order valence-corrected chi connectivity index (χ4v) is 10.7. The third-order valence-electron chi connectivity index (χ3n) is 15.6. The minimum Gasteiger partial charge on any atom is -0.479 e. The van der Waals surface area contributed by atoms with Gasteiger partial charge in [-0.15, -0.1) is 0 Å². The number of ether oxygens (including phenoxy) is 12. The van der Waals surface area contributed by atoms with Crippen LogP contribution in [0, 0.1) is 5.92 Å². The fourth-order valence-electron chi connectivity index (χ4n) is 9.94. The normalized spacial score (nSPS) is 20.8. The van der Waals surface area contributed by atoms with Gasteiger partial charge in [-0.25, -0.2) is 13.2 Å². The molecular weight excluding hydrogens is 1400 g/mol. The first-order valence-corrected chi connectivity index (χ1v) is 38.1. The van der Waals surface area contributed by atoms with Crippen molar-refractivity contribution in [3.63, 3.8) is 0 Å². The van der Waals surface area contributed by atoms with Gasteiger partial charge in [0.05, 0.1) is 112 Å². The molecule has 4 amide bonds. The van der Waals surface area contributed by atoms with Crippen LogP contribution < -0.4 is 26.6 Å². The molecular formula is C64H117N5O31S2. The van der Waals surface area contributed by atoms with E-state index in [2.05, 4.69) is 35.0 Å². The Labute approximate surface area is 599 Å². The van der Waals surface area contributed by atoms with Crippen LogP contribution in [0.15, 0.2) is 0 Å². The van der Waals surface area contributed by atoms with Gasteiger partial charge in [0.25, 0.3) is 0 Å². The molecule has 2 saturated heterocycles. The van der Waals surface area contributed by atoms with E-state index in [9.17, 15) is 75.4 Å². The van der Waals surface area contributed by atoms with Gasteiger partial charge < -0.3 is 104 Å². The second kappa shape index (κ2) is 58.9. The number of ketones is 2. The van der Waals surface area contributed by atoms with Gasteiger partial charge in [0, 0.05) is 90.4 Å². The van der Waals surface area contributed by atoms with Crippen LogP contribution in [0.4, 0.5) is 0 Å². The van der Waals surface area contributed by atoms with Crippen molar-refractivity contribution in [1.82, 2.24) is 26.6 Å². The number of rotatable bonds is 68. The number of Topliss-reactive ketones (excluding diaryl/α,β-unsaturated/α-hetero) is 2. The second-order valence-corrected chi connectivity index (χ2v) is 26.5. The van der Waals surface area contributed by atoms with Crippen LogP contribution in [-0.4, -0.2) is 301 Å². The average molecular weight is 1520 g/mol. The van der Waals surface area contributed by atoms with E-state index in [-0.39, 0.29) is 74.5 Å². The SMILES string of the molecule is CC(=O)CCOCCOCCOCCNC(=O)CCCCCCCNC(=O)CCOCCCOCCC(=O)CNCCCCCCCC(=O)NCCOCCOCCOCCC(=O)NCCCCCCOC1OC(C(=O)O)C(OC2OC(COS(=O)(=O)O)C(O)C(O)C2C)C(O)C1OS(=O)(=O)O. The summed E-state index contributed by atoms with van der Waals surface area (Å²) in [4.78, 5) is 84.0. The summed E-state index contributed by atoms with van der Waals surface area (Å²) >= 11 is 0. The number of nitrogens with one attached hydrogen (secondary N) is 5. The van der Waals surface area contributed by atoms with Gasteiger partial charge in [0.15, 0.2) is 24.8 Å². The zero-order chi connectivity index (χ0) is 75.1. The Hall–Kier alpha value is -4.21. The summed E-state index contributed by atoms with van der Waals surface area (Å²) in [7, 11) is -10.4. The van der Waals surface area contributed by atoms with Crippen molar-refractivity contribution < 1.29 is 145 Å². The van der Waals surface area contributed by atoms with Crippen LogP contribution in [0.5, 0.6) is 0 Å². The summed E-state index contributed by atoms with van der Waals surface area (Å²) in [5, 5.41) is 56.6. The van der Waals surface area contributed by atoms with E-state index in [1.54, 1.807) is 0 Å². The van der Waals surface area contributed by atoms with Crippen LogP contribution in [0.1, 0.15) is 149 Å². The van der Waals surface area contributed by atoms with Crippen molar-refractivity contribution in [3.05, 3.63) is 0 Å². The Balaban J connectivity index is 1.32. The van der Waals surface area contributed by atoms with Gasteiger partial charge >= 0.3 is 26.8 Å². The molecule has 0 aromatic carbocycles. The van der Waals surface area contributed by atoms with E-state index in [4.69, 9.17) is 61.4 Å². The van der Waals surface area contributed by atoms with Crippen molar-refractivity contribution in [1.29, 1.82) is 0 Å². The van der Waals surface area contributed by atoms with Gasteiger partial charge in [0.1, 0.15) is 36.0 Å². The van der Waals surface area contributed by atoms with Crippen LogP contribution in [-0.2, 0) is 120 Å². The Kier molecular flexibility index (Phi) is 54.2. The average Bonchev–Trinajstić information content (AvgIpc) is 0.776. The predicted molar refractivity (Wildman–Crippen MR) is 361 cm³/mol. The number of carboxylic acids is 1. The van der Waals surface area contributed by atoms with Crippen LogP contribution in [0.3, 0.4) is 0 Å². The first-order chi connectivity index (χ1) is 48.9. The van der Waals surface area contributed by atoms with Crippen molar-refractivity contribution in [2.45, 2.75) is 204 Å². The van der Waals surface area contributed by atoms with E-state index >= 15 is 0 Å². The Morgan fingerprint density at radius 1 is 0.412 bits per heavy atom. The number of hydrogen-bond donors (Lipinski definition) is 11. The summed E-state index contributed by atoms with van der Waals surface area (Å²) in [6, 6.07) is 0. The molecule has 38 heteroatoms. The Morgan fingerprint density at radius 2 is 0.843 bits per heavy atom. The second-order valence-electron chi connectivity index (χ2n) is 24.3. The molecule has 10 unspecified atom stereocenters. The van der Waals surface area contributed by atoms with Crippen molar-refractivity contribution in [2.24, 2.45) is 5.92 Å². The molecule has 0 spiro atoms. The number of carbonyl (C=O) groups excluding carboxylic acids is 6. The van der Waals surface area contributed by atoms with E-state index in [0.29, 0.717) is 176 Å². The molecule has 0 aromatic heterocycles. The lowest BCUT2D eigenvalue weighted by Gasteiger charge is -2.46. The molecule has 0 saturated carbocycles. The van der Waals surface area contributed by atoms with E-state index in [1.165, 1.54) is 13.8 Å². The maximum Gasteiger partial charge on any atom is 0.397 e. The minimum absolute atomic E-state index is 0.00611. The molecule has 0 bridgehead atoms. The summed E-state index contributed by atoms with van der Waals surface area (Å²) in [5.74, 6) is -3.05. The number of carbonyl (C=O) groups is 7. The number of carboxylic acid groups (broad SMARTS) is 1. The highest BCUT2D eigenvalue weighted by Gasteiger charge is 2.54. The first-order valence-electron chi connectivity index (χ1n) is 35.4. The molecule has 0 aliphatic carbocycles. The number of amides is 4. The fraction of sp³-hybridized carbons (Fsp3) is 0.891. The molecule has 2 fully saturated rings. The van der Waals surface area contributed by atoms with Crippen LogP contribution in [0.25, 0.3) is 0 Å². The number of unbranched alkanes of at least 4 members (excludes halogenated alkanes) is 11. The van der Waals surface area contributed by atoms with Crippen LogP contribution >= 0.6 is 0 Å². The quantitative estimate of drug-likeness (QED) is 0.0286. The van der Waals surface area contributed by atoms with Gasteiger partial charge in [-0.05, 0) is 58.4 Å². The largest absolute Gasteiger partial charge is 0.479 e. The maximum atomic E-state index is 12.3. The molecule has 11 N–H and O–H groups in total. The highest BCUT2D eigenvalue weighted by molar-refractivity contribution is 7.81. The molecule has 0 aromatic rings. The standard InChI is InChI=1S/C64H117N5O31S2/c1-48(70)20-32-89-38-42-93-44-40-91-36-28-69-53(73)19-12-6-4-8-14-25-66-54(74)22-34-88-30-17-29-87-33-21-50(71)46-65-24-13-7-3-5-11-18-52(72)68-27-37-92-41-45-94-43-39-90-35-23-55(75)67-26-15-9-10-16-31-95-64-60(100-102(84,85)86)58(78)59(61(99-64)62(79)80)98-63-49(2)56(76)57(77)51(97-63)47-96-101(81,82)83/h49,51,56-61,63-65,76-78H,3-47H2,1-2H3,(H,66,74)(H,67,75)(H,68,72)(H,69,73)(H,79,80)(H,81,82,83)(H,84,85,86). The topological polar surface area (TPSA) is 499 Å². The molecule has 102 heavy (non-hydrogen) atoms. The summed E-state index contributed by atoms with van der Waals surface area (Å²) in [5.41, 5.74) is 0. The van der Waals surface area contributed by atoms with Gasteiger partial charge in [-0.2, -0.15) is 16.8 Å². The number of aliphatic carboxylic acids is 1. The molecule has 2 heterocycles. The van der Waals surface area contributed by atoms with Crippen molar-refractivity contribution in [3.8, 4) is 0 Å². The van der Waals surface area contributed by atoms with E-state index < -0.39 is 94.6 Å². The highest BCUT2D eigenvalue weighted by atomic mass is 32.3. The van der Waals surface area contributed by atoms with E-state index in [0.717, 1.165) is 70.8 Å². The molecule has 2 aliphatic rings. The smallest absolute Gasteiger partial charge is 0.397 e. The zero-order valence-corrected chi connectivity index (χ0v) is 60.9. The summed E-state index contributed by atoms with van der Waals surface area (Å²) in [6.07, 6.45) is -3.31. The third kappa shape index (κ3) is 50.3. The molecule has 2 aliphatic heterocycles. The van der Waals surface area contributed by atoms with Crippen molar-refractivity contribution in [2.75, 3.05) is 158 Å². The lowest BCUT2D eigenvalue weighted by Crippen LogP contribution is -2.64. The number of aliphatic hydroxyl groups excluding tert-OH is 3. The Bertz CT molecular complexity index is 2500. The lowest BCUT2D eigenvalue weighted by molar-refractivity contribution is -0.343. The number of hydrogen-bond acceptors (Lipinski definition) is 29. The van der Waals surface area contributed by atoms with E-state index in [1.807, 2.05) is 0 Å². The van der Waals surface area contributed by atoms with Gasteiger partial charge in [-0.1, -0.05) is 58.3 Å². The maximum absolute atomic E-state index is 12.3. The molecule has 0 radical (unpaired) electrons. The predicted octanol–water partition coefficient (Wildman–Crippen LogP) is 0.186. The summed E-state index contributed by atoms with van der Waals surface area (Å²) in [6.45, 7) is 10.3. The number of aliphatic hydroxyl groups is 3. The summed E-state index contributed by atoms with van der Waals surface area (Å²) < 4.78 is 139. The van der Waals surface area contributed by atoms with Gasteiger partial charge in [0.2, 0.25) is 23.6 Å². The molecule has 2 rings (SSSR count).